The Bertz CT molecular complexity index is 1160. The first kappa shape index (κ1) is 17.0. The lowest BCUT2D eigenvalue weighted by atomic mass is 10.0. The number of amides is 1. The van der Waals surface area contributed by atoms with E-state index in [0.29, 0.717) is 6.54 Å². The predicted molar refractivity (Wildman–Crippen MR) is 107 cm³/mol. The maximum atomic E-state index is 12.6. The summed E-state index contributed by atoms with van der Waals surface area (Å²) in [4.78, 5) is 12.6. The number of carbonyl (C=O) groups is 1. The molecule has 1 aliphatic heterocycles. The summed E-state index contributed by atoms with van der Waals surface area (Å²) in [5.41, 5.74) is 1.72. The maximum Gasteiger partial charge on any atom is 0.224 e. The summed E-state index contributed by atoms with van der Waals surface area (Å²) in [5, 5.41) is 14.8. The van der Waals surface area contributed by atoms with Crippen molar-refractivity contribution in [3.8, 4) is 0 Å². The standard InChI is InChI=1S/C22H22N4O2/c27-21(23-13-20-25-24-19-8-2-1-5-11-26(19)20)12-16-14-28-18-10-9-15-6-3-4-7-17(15)22(16)18/h3-4,6-7,9-10,14H,1-2,5,8,11-13H2,(H,23,27). The second-order valence-corrected chi connectivity index (χ2v) is 7.37. The quantitative estimate of drug-likeness (QED) is 0.590. The Morgan fingerprint density at radius 1 is 1.11 bits per heavy atom. The van der Waals surface area contributed by atoms with Crippen LogP contribution in [0, 0.1) is 0 Å². The molecule has 1 aliphatic rings. The highest BCUT2D eigenvalue weighted by Crippen LogP contribution is 2.30. The Morgan fingerprint density at radius 3 is 3.00 bits per heavy atom. The topological polar surface area (TPSA) is 73.0 Å². The van der Waals surface area contributed by atoms with E-state index in [-0.39, 0.29) is 12.3 Å². The summed E-state index contributed by atoms with van der Waals surface area (Å²) in [6, 6.07) is 12.2. The van der Waals surface area contributed by atoms with Gasteiger partial charge in [-0.15, -0.1) is 10.2 Å². The number of fused-ring (bicyclic) bond motifs is 4. The van der Waals surface area contributed by atoms with Gasteiger partial charge in [0.2, 0.25) is 5.91 Å². The number of hydrogen-bond donors (Lipinski definition) is 1. The van der Waals surface area contributed by atoms with Crippen LogP contribution in [0.2, 0.25) is 0 Å². The van der Waals surface area contributed by atoms with Crippen LogP contribution in [0.25, 0.3) is 21.7 Å². The fraction of sp³-hybridized carbons (Fsp3) is 0.318. The second kappa shape index (κ2) is 7.11. The van der Waals surface area contributed by atoms with Crippen molar-refractivity contribution in [1.29, 1.82) is 0 Å². The van der Waals surface area contributed by atoms with Gasteiger partial charge in [-0.3, -0.25) is 4.79 Å². The molecular formula is C22H22N4O2. The van der Waals surface area contributed by atoms with E-state index in [0.717, 1.165) is 64.8 Å². The van der Waals surface area contributed by atoms with E-state index < -0.39 is 0 Å². The number of nitrogens with one attached hydrogen (secondary N) is 1. The molecule has 0 atom stereocenters. The van der Waals surface area contributed by atoms with Gasteiger partial charge in [0.05, 0.1) is 19.2 Å². The molecule has 3 heterocycles. The van der Waals surface area contributed by atoms with Gasteiger partial charge in [-0.25, -0.2) is 0 Å². The summed E-state index contributed by atoms with van der Waals surface area (Å²) in [7, 11) is 0. The molecule has 2 aromatic carbocycles. The van der Waals surface area contributed by atoms with Gasteiger partial charge in [0.15, 0.2) is 5.82 Å². The smallest absolute Gasteiger partial charge is 0.224 e. The molecule has 6 heteroatoms. The molecule has 0 spiro atoms. The normalized spacial score (nSPS) is 14.1. The van der Waals surface area contributed by atoms with E-state index in [9.17, 15) is 4.79 Å². The van der Waals surface area contributed by atoms with Crippen LogP contribution >= 0.6 is 0 Å². The van der Waals surface area contributed by atoms with Crippen molar-refractivity contribution < 1.29 is 9.21 Å². The van der Waals surface area contributed by atoms with Crippen LogP contribution in [0.4, 0.5) is 0 Å². The van der Waals surface area contributed by atoms with Gasteiger partial charge in [0, 0.05) is 23.9 Å². The average molecular weight is 374 g/mol. The zero-order valence-corrected chi connectivity index (χ0v) is 15.6. The predicted octanol–water partition coefficient (Wildman–Crippen LogP) is 3.76. The summed E-state index contributed by atoms with van der Waals surface area (Å²) >= 11 is 0. The van der Waals surface area contributed by atoms with Gasteiger partial charge >= 0.3 is 0 Å². The number of aromatic nitrogens is 3. The number of hydrogen-bond acceptors (Lipinski definition) is 4. The zero-order chi connectivity index (χ0) is 18.9. The Hall–Kier alpha value is -3.15. The molecule has 1 amide bonds. The van der Waals surface area contributed by atoms with Crippen molar-refractivity contribution in [2.45, 2.75) is 45.2 Å². The number of aryl methyl sites for hydroxylation is 1. The van der Waals surface area contributed by atoms with Crippen LogP contribution in [-0.4, -0.2) is 20.7 Å². The summed E-state index contributed by atoms with van der Waals surface area (Å²) in [6.45, 7) is 1.34. The number of furan rings is 1. The first-order valence-corrected chi connectivity index (χ1v) is 9.85. The van der Waals surface area contributed by atoms with Gasteiger partial charge in [-0.2, -0.15) is 0 Å². The zero-order valence-electron chi connectivity index (χ0n) is 15.6. The molecule has 0 saturated carbocycles. The lowest BCUT2D eigenvalue weighted by Crippen LogP contribution is -2.26. The molecule has 0 fully saturated rings. The van der Waals surface area contributed by atoms with Crippen molar-refractivity contribution in [2.24, 2.45) is 0 Å². The molecule has 6 nitrogen and oxygen atoms in total. The molecule has 0 aliphatic carbocycles. The van der Waals surface area contributed by atoms with E-state index in [4.69, 9.17) is 4.42 Å². The van der Waals surface area contributed by atoms with Crippen LogP contribution in [-0.2, 0) is 30.7 Å². The van der Waals surface area contributed by atoms with Gasteiger partial charge in [-0.05, 0) is 29.7 Å². The molecule has 28 heavy (non-hydrogen) atoms. The van der Waals surface area contributed by atoms with Crippen LogP contribution in [0.1, 0.15) is 36.5 Å². The van der Waals surface area contributed by atoms with Gasteiger partial charge in [0.25, 0.3) is 0 Å². The number of benzene rings is 2. The Labute approximate surface area is 162 Å². The lowest BCUT2D eigenvalue weighted by molar-refractivity contribution is -0.120. The summed E-state index contributed by atoms with van der Waals surface area (Å²) in [6.07, 6.45) is 6.46. The summed E-state index contributed by atoms with van der Waals surface area (Å²) < 4.78 is 7.85. The largest absolute Gasteiger partial charge is 0.464 e. The number of rotatable bonds is 4. The lowest BCUT2D eigenvalue weighted by Gasteiger charge is -2.08. The van der Waals surface area contributed by atoms with Crippen LogP contribution in [0.15, 0.2) is 47.1 Å². The molecule has 4 aromatic rings. The van der Waals surface area contributed by atoms with E-state index in [1.54, 1.807) is 6.26 Å². The fourth-order valence-corrected chi connectivity index (χ4v) is 4.09. The van der Waals surface area contributed by atoms with E-state index in [1.807, 2.05) is 24.3 Å². The third kappa shape index (κ3) is 3.05. The number of nitrogens with zero attached hydrogens (tertiary/aromatic N) is 3. The third-order valence-electron chi connectivity index (χ3n) is 5.52. The minimum atomic E-state index is -0.0402. The molecule has 5 rings (SSSR count). The molecule has 0 bridgehead atoms. The van der Waals surface area contributed by atoms with Crippen LogP contribution in [0.3, 0.4) is 0 Å². The van der Waals surface area contributed by atoms with Gasteiger partial charge < -0.3 is 14.3 Å². The second-order valence-electron chi connectivity index (χ2n) is 7.37. The molecule has 1 N–H and O–H groups in total. The minimum Gasteiger partial charge on any atom is -0.464 e. The highest BCUT2D eigenvalue weighted by molar-refractivity contribution is 6.08. The molecule has 0 radical (unpaired) electrons. The minimum absolute atomic E-state index is 0.0402. The fourth-order valence-electron chi connectivity index (χ4n) is 4.09. The first-order chi connectivity index (χ1) is 13.8. The van der Waals surface area contributed by atoms with Crippen molar-refractivity contribution in [2.75, 3.05) is 0 Å². The third-order valence-corrected chi connectivity index (χ3v) is 5.52. The van der Waals surface area contributed by atoms with E-state index >= 15 is 0 Å². The van der Waals surface area contributed by atoms with Crippen molar-refractivity contribution in [3.05, 3.63) is 59.9 Å². The molecule has 142 valence electrons. The Morgan fingerprint density at radius 2 is 2.04 bits per heavy atom. The van der Waals surface area contributed by atoms with E-state index in [2.05, 4.69) is 32.2 Å². The average Bonchev–Trinajstić information content (AvgIpc) is 3.22. The monoisotopic (exact) mass is 374 g/mol. The Kier molecular flexibility index (Phi) is 4.31. The Balaban J connectivity index is 1.34. The maximum absolute atomic E-state index is 12.6. The van der Waals surface area contributed by atoms with E-state index in [1.165, 1.54) is 6.42 Å². The summed E-state index contributed by atoms with van der Waals surface area (Å²) in [5.74, 6) is 1.84. The SMILES string of the molecule is O=C(Cc1coc2ccc3ccccc3c12)NCc1nnc2n1CCCCC2. The van der Waals surface area contributed by atoms with Crippen molar-refractivity contribution >= 4 is 27.6 Å². The van der Waals surface area contributed by atoms with Gasteiger partial charge in [0.1, 0.15) is 11.4 Å². The van der Waals surface area contributed by atoms with Crippen LogP contribution < -0.4 is 5.32 Å². The van der Waals surface area contributed by atoms with Gasteiger partial charge in [-0.1, -0.05) is 36.8 Å². The molecule has 2 aromatic heterocycles. The molecule has 0 unspecified atom stereocenters. The van der Waals surface area contributed by atoms with Crippen molar-refractivity contribution in [3.63, 3.8) is 0 Å². The highest BCUT2D eigenvalue weighted by atomic mass is 16.3. The van der Waals surface area contributed by atoms with Crippen molar-refractivity contribution in [1.82, 2.24) is 20.1 Å². The molecular weight excluding hydrogens is 352 g/mol. The molecule has 0 saturated heterocycles. The first-order valence-electron chi connectivity index (χ1n) is 9.85. The highest BCUT2D eigenvalue weighted by Gasteiger charge is 2.17. The van der Waals surface area contributed by atoms with Crippen LogP contribution in [0.5, 0.6) is 0 Å². The number of carbonyl (C=O) groups excluding carboxylic acids is 1.